The van der Waals surface area contributed by atoms with Gasteiger partial charge >= 0.3 is 0 Å². The molecule has 0 spiro atoms. The molecule has 0 saturated carbocycles. The molecule has 0 saturated heterocycles. The van der Waals surface area contributed by atoms with Crippen LogP contribution in [-0.2, 0) is 9.59 Å². The van der Waals surface area contributed by atoms with Crippen LogP contribution in [0.3, 0.4) is 0 Å². The normalized spacial score (nSPS) is 18.0. The zero-order valence-corrected chi connectivity index (χ0v) is 14.4. The molecule has 5 nitrogen and oxygen atoms in total. The summed E-state index contributed by atoms with van der Waals surface area (Å²) in [5.74, 6) is -1.30. The summed E-state index contributed by atoms with van der Waals surface area (Å²) in [5, 5.41) is 10.5. The number of pyridine rings is 1. The number of carbonyl (C=O) groups is 2. The van der Waals surface area contributed by atoms with E-state index in [9.17, 15) is 14.7 Å². The smallest absolute Gasteiger partial charge is 0.294 e. The minimum atomic E-state index is -0.721. The van der Waals surface area contributed by atoms with Gasteiger partial charge in [0, 0.05) is 23.5 Å². The van der Waals surface area contributed by atoms with E-state index in [1.807, 2.05) is 18.2 Å². The van der Waals surface area contributed by atoms with Crippen molar-refractivity contribution < 1.29 is 14.7 Å². The molecule has 0 radical (unpaired) electrons. The van der Waals surface area contributed by atoms with Gasteiger partial charge in [-0.05, 0) is 29.8 Å². The first-order valence-electron chi connectivity index (χ1n) is 8.09. The molecule has 2 aromatic rings. The average molecular weight is 336 g/mol. The molecule has 3 rings (SSSR count). The van der Waals surface area contributed by atoms with Crippen LogP contribution in [0.25, 0.3) is 0 Å². The highest BCUT2D eigenvalue weighted by molar-refractivity contribution is 6.17. The first-order chi connectivity index (χ1) is 11.8. The van der Waals surface area contributed by atoms with Crippen molar-refractivity contribution in [2.45, 2.75) is 26.8 Å². The number of anilines is 1. The highest BCUT2D eigenvalue weighted by Crippen LogP contribution is 2.42. The Labute approximate surface area is 146 Å². The number of para-hydroxylation sites is 1. The number of Topliss-reactive ketones (excluding diaryl/α,β-unsaturated/α-hetero) is 1. The van der Waals surface area contributed by atoms with Gasteiger partial charge in [-0.2, -0.15) is 0 Å². The summed E-state index contributed by atoms with van der Waals surface area (Å²) >= 11 is 0. The fraction of sp³-hybridized carbons (Fsp3) is 0.250. The Balaban J connectivity index is 2.19. The molecule has 1 aromatic carbocycles. The molecule has 1 unspecified atom stereocenters. The Kier molecular flexibility index (Phi) is 4.17. The number of aliphatic hydroxyl groups is 1. The van der Waals surface area contributed by atoms with Crippen LogP contribution in [0.1, 0.15) is 32.4 Å². The Morgan fingerprint density at radius 2 is 1.68 bits per heavy atom. The summed E-state index contributed by atoms with van der Waals surface area (Å²) in [5.41, 5.74) is 0.760. The number of aliphatic hydroxyl groups excluding tert-OH is 1. The molecule has 5 heteroatoms. The maximum absolute atomic E-state index is 13.0. The minimum Gasteiger partial charge on any atom is -0.503 e. The van der Waals surface area contributed by atoms with Gasteiger partial charge in [-0.25, -0.2) is 0 Å². The molecule has 25 heavy (non-hydrogen) atoms. The summed E-state index contributed by atoms with van der Waals surface area (Å²) in [6.45, 7) is 5.32. The summed E-state index contributed by atoms with van der Waals surface area (Å²) in [6, 6.07) is 11.9. The van der Waals surface area contributed by atoms with Gasteiger partial charge in [-0.1, -0.05) is 39.0 Å². The molecule has 1 N–H and O–H groups in total. The molecule has 1 amide bonds. The first-order valence-corrected chi connectivity index (χ1v) is 8.09. The zero-order valence-electron chi connectivity index (χ0n) is 14.4. The van der Waals surface area contributed by atoms with E-state index in [4.69, 9.17) is 0 Å². The van der Waals surface area contributed by atoms with E-state index in [0.717, 1.165) is 5.56 Å². The second-order valence-corrected chi connectivity index (χ2v) is 7.04. The highest BCUT2D eigenvalue weighted by atomic mass is 16.3. The second kappa shape index (κ2) is 6.16. The van der Waals surface area contributed by atoms with Gasteiger partial charge in [0.1, 0.15) is 0 Å². The largest absolute Gasteiger partial charge is 0.503 e. The molecule has 1 aliphatic rings. The van der Waals surface area contributed by atoms with Crippen LogP contribution in [0.2, 0.25) is 0 Å². The van der Waals surface area contributed by atoms with E-state index in [1.165, 1.54) is 4.90 Å². The van der Waals surface area contributed by atoms with E-state index in [-0.39, 0.29) is 11.4 Å². The van der Waals surface area contributed by atoms with Gasteiger partial charge in [0.2, 0.25) is 0 Å². The van der Waals surface area contributed by atoms with Gasteiger partial charge in [0.05, 0.1) is 11.6 Å². The molecule has 1 aromatic heterocycles. The van der Waals surface area contributed by atoms with E-state index in [1.54, 1.807) is 57.4 Å². The molecule has 1 atom stereocenters. The van der Waals surface area contributed by atoms with Gasteiger partial charge < -0.3 is 5.11 Å². The van der Waals surface area contributed by atoms with E-state index >= 15 is 0 Å². The second-order valence-electron chi connectivity index (χ2n) is 7.04. The number of rotatable bonds is 3. The highest BCUT2D eigenvalue weighted by Gasteiger charge is 2.46. The quantitative estimate of drug-likeness (QED) is 0.930. The third-order valence-electron chi connectivity index (χ3n) is 4.19. The van der Waals surface area contributed by atoms with Gasteiger partial charge in [0.25, 0.3) is 5.91 Å². The van der Waals surface area contributed by atoms with Crippen molar-refractivity contribution in [3.8, 4) is 0 Å². The molecular weight excluding hydrogens is 316 g/mol. The molecule has 128 valence electrons. The molecule has 0 fully saturated rings. The number of amides is 1. The van der Waals surface area contributed by atoms with Crippen molar-refractivity contribution in [2.75, 3.05) is 4.90 Å². The number of benzene rings is 1. The summed E-state index contributed by atoms with van der Waals surface area (Å²) in [7, 11) is 0. The van der Waals surface area contributed by atoms with Crippen LogP contribution < -0.4 is 4.90 Å². The Morgan fingerprint density at radius 1 is 1.08 bits per heavy atom. The van der Waals surface area contributed by atoms with Crippen LogP contribution in [0.5, 0.6) is 0 Å². The SMILES string of the molecule is CC(C)(C)C(=O)C1=C(O)C(=O)N(c2ccccc2)C1c1ccncc1. The summed E-state index contributed by atoms with van der Waals surface area (Å²) in [6.07, 6.45) is 3.22. The van der Waals surface area contributed by atoms with Gasteiger partial charge in [-0.15, -0.1) is 0 Å². The lowest BCUT2D eigenvalue weighted by Crippen LogP contribution is -2.32. The molecule has 0 aliphatic carbocycles. The number of hydrogen-bond acceptors (Lipinski definition) is 4. The van der Waals surface area contributed by atoms with E-state index < -0.39 is 23.1 Å². The van der Waals surface area contributed by atoms with E-state index in [0.29, 0.717) is 5.69 Å². The van der Waals surface area contributed by atoms with Gasteiger partial charge in [-0.3, -0.25) is 19.5 Å². The fourth-order valence-corrected chi connectivity index (χ4v) is 2.96. The molecule has 1 aliphatic heterocycles. The standard InChI is InChI=1S/C20H20N2O3/c1-20(2,3)18(24)15-16(13-9-11-21-12-10-13)22(19(25)17(15)23)14-7-5-4-6-8-14/h4-12,16,23H,1-3H3. The Morgan fingerprint density at radius 3 is 2.24 bits per heavy atom. The number of carbonyl (C=O) groups excluding carboxylic acids is 2. The lowest BCUT2D eigenvalue weighted by molar-refractivity contribution is -0.123. The number of nitrogens with zero attached hydrogens (tertiary/aromatic N) is 2. The summed E-state index contributed by atoms with van der Waals surface area (Å²) in [4.78, 5) is 31.2. The predicted octanol–water partition coefficient (Wildman–Crippen LogP) is 3.60. The number of hydrogen-bond donors (Lipinski definition) is 1. The minimum absolute atomic E-state index is 0.132. The van der Waals surface area contributed by atoms with Crippen molar-refractivity contribution in [3.05, 3.63) is 71.8 Å². The maximum atomic E-state index is 13.0. The van der Waals surface area contributed by atoms with Crippen molar-refractivity contribution in [2.24, 2.45) is 5.41 Å². The van der Waals surface area contributed by atoms with Crippen LogP contribution >= 0.6 is 0 Å². The summed E-state index contributed by atoms with van der Waals surface area (Å²) < 4.78 is 0. The topological polar surface area (TPSA) is 70.5 Å². The van der Waals surface area contributed by atoms with E-state index in [2.05, 4.69) is 4.98 Å². The van der Waals surface area contributed by atoms with Crippen LogP contribution in [0, 0.1) is 5.41 Å². The Bertz CT molecular complexity index is 836. The first kappa shape index (κ1) is 16.9. The number of ketones is 1. The lowest BCUT2D eigenvalue weighted by Gasteiger charge is -2.28. The molecule has 0 bridgehead atoms. The van der Waals surface area contributed by atoms with Crippen molar-refractivity contribution in [3.63, 3.8) is 0 Å². The Hall–Kier alpha value is -2.95. The monoisotopic (exact) mass is 336 g/mol. The third kappa shape index (κ3) is 2.93. The van der Waals surface area contributed by atoms with Crippen molar-refractivity contribution in [1.29, 1.82) is 0 Å². The molecule has 2 heterocycles. The fourth-order valence-electron chi connectivity index (χ4n) is 2.96. The van der Waals surface area contributed by atoms with Gasteiger partial charge in [0.15, 0.2) is 11.5 Å². The zero-order chi connectivity index (χ0) is 18.2. The molecular formula is C20H20N2O3. The third-order valence-corrected chi connectivity index (χ3v) is 4.19. The number of aromatic nitrogens is 1. The predicted molar refractivity (Wildman–Crippen MR) is 95.0 cm³/mol. The van der Waals surface area contributed by atoms with Crippen molar-refractivity contribution >= 4 is 17.4 Å². The van der Waals surface area contributed by atoms with Crippen LogP contribution in [0.4, 0.5) is 5.69 Å². The van der Waals surface area contributed by atoms with Crippen molar-refractivity contribution in [1.82, 2.24) is 4.98 Å². The van der Waals surface area contributed by atoms with Crippen LogP contribution in [0.15, 0.2) is 66.2 Å². The maximum Gasteiger partial charge on any atom is 0.294 e. The van der Waals surface area contributed by atoms with Crippen LogP contribution in [-0.4, -0.2) is 21.8 Å². The lowest BCUT2D eigenvalue weighted by atomic mass is 9.82. The average Bonchev–Trinajstić information content (AvgIpc) is 2.86.